The predicted molar refractivity (Wildman–Crippen MR) is 196 cm³/mol. The van der Waals surface area contributed by atoms with Gasteiger partial charge in [0, 0.05) is 37.2 Å². The molecular formula is C44H27NS. The molecule has 214 valence electrons. The highest BCUT2D eigenvalue weighted by Gasteiger charge is 2.22. The van der Waals surface area contributed by atoms with E-state index in [-0.39, 0.29) is 0 Å². The molecule has 2 heterocycles. The van der Waals surface area contributed by atoms with Crippen LogP contribution in [0.5, 0.6) is 0 Å². The van der Waals surface area contributed by atoms with Gasteiger partial charge < -0.3 is 4.57 Å². The number of hydrogen-bond donors (Lipinski definition) is 0. The summed E-state index contributed by atoms with van der Waals surface area (Å²) in [6.07, 6.45) is 0. The molecule has 0 bridgehead atoms. The van der Waals surface area contributed by atoms with Gasteiger partial charge >= 0.3 is 0 Å². The number of benzene rings is 8. The van der Waals surface area contributed by atoms with E-state index in [1.165, 1.54) is 92.2 Å². The van der Waals surface area contributed by atoms with E-state index < -0.39 is 0 Å². The number of rotatable bonds is 3. The van der Waals surface area contributed by atoms with Crippen LogP contribution in [0.25, 0.3) is 82.4 Å². The van der Waals surface area contributed by atoms with Crippen LogP contribution in [0.1, 0.15) is 0 Å². The van der Waals surface area contributed by atoms with Crippen LogP contribution in [0.15, 0.2) is 174 Å². The minimum Gasteiger partial charge on any atom is -0.309 e. The molecule has 1 nitrogen and oxygen atoms in total. The Morgan fingerprint density at radius 1 is 0.391 bits per heavy atom. The minimum absolute atomic E-state index is 1.17. The SMILES string of the molecule is c1ccc(-n2c3ccccc3c3c4ccccc4cc(-c4cccc(-c5ccc6c7c(cccc57)-c5ccccc5S6)c4)c32)cc1. The lowest BCUT2D eigenvalue weighted by molar-refractivity contribution is 1.18. The minimum atomic E-state index is 1.17. The van der Waals surface area contributed by atoms with Gasteiger partial charge in [-0.25, -0.2) is 0 Å². The quantitative estimate of drug-likeness (QED) is 0.195. The first-order valence-electron chi connectivity index (χ1n) is 15.8. The first-order chi connectivity index (χ1) is 22.8. The fourth-order valence-electron chi connectivity index (χ4n) is 7.59. The van der Waals surface area contributed by atoms with E-state index in [0.717, 1.165) is 0 Å². The Morgan fingerprint density at radius 2 is 1.09 bits per heavy atom. The van der Waals surface area contributed by atoms with Crippen molar-refractivity contribution < 1.29 is 0 Å². The maximum absolute atomic E-state index is 2.45. The smallest absolute Gasteiger partial charge is 0.0625 e. The van der Waals surface area contributed by atoms with Gasteiger partial charge in [0.2, 0.25) is 0 Å². The topological polar surface area (TPSA) is 4.93 Å². The van der Waals surface area contributed by atoms with Crippen LogP contribution in [0.3, 0.4) is 0 Å². The summed E-state index contributed by atoms with van der Waals surface area (Å²) in [5, 5.41) is 7.77. The van der Waals surface area contributed by atoms with E-state index in [2.05, 4.69) is 168 Å². The normalized spacial score (nSPS) is 12.3. The fourth-order valence-corrected chi connectivity index (χ4v) is 8.72. The number of para-hydroxylation sites is 2. The van der Waals surface area contributed by atoms with Gasteiger partial charge in [0.25, 0.3) is 0 Å². The second-order valence-corrected chi connectivity index (χ2v) is 13.2. The third-order valence-corrected chi connectivity index (χ3v) is 10.7. The molecule has 0 N–H and O–H groups in total. The molecule has 9 aromatic rings. The Labute approximate surface area is 271 Å². The molecule has 1 aromatic heterocycles. The Bertz CT molecular complexity index is 2660. The standard InChI is InChI=1S/C44H27NS/c1-2-15-31(16-3-1)45-39-22-8-6-19-37(39)43-33-17-5-4-12-30(33)27-38(44(43)45)29-14-10-13-28(26-29)32-24-25-41-42-35(32)20-11-21-36(42)34-18-7-9-23-40(34)46-41/h1-27H. The summed E-state index contributed by atoms with van der Waals surface area (Å²) < 4.78 is 2.45. The fraction of sp³-hybridized carbons (Fsp3) is 0. The molecule has 1 aliphatic heterocycles. The number of nitrogens with zero attached hydrogens (tertiary/aromatic N) is 1. The third-order valence-electron chi connectivity index (χ3n) is 9.56. The maximum Gasteiger partial charge on any atom is 0.0625 e. The van der Waals surface area contributed by atoms with Gasteiger partial charge in [0.1, 0.15) is 0 Å². The molecule has 46 heavy (non-hydrogen) atoms. The summed E-state index contributed by atoms with van der Waals surface area (Å²) in [5.41, 5.74) is 11.2. The predicted octanol–water partition coefficient (Wildman–Crippen LogP) is 12.6. The highest BCUT2D eigenvalue weighted by Crippen LogP contribution is 2.50. The lowest BCUT2D eigenvalue weighted by Crippen LogP contribution is -1.96. The van der Waals surface area contributed by atoms with Crippen LogP contribution in [-0.2, 0) is 0 Å². The molecule has 2 heteroatoms. The van der Waals surface area contributed by atoms with Gasteiger partial charge in [-0.2, -0.15) is 0 Å². The molecule has 0 atom stereocenters. The molecule has 0 amide bonds. The second kappa shape index (κ2) is 9.97. The summed E-state index contributed by atoms with van der Waals surface area (Å²) in [5.74, 6) is 0. The molecule has 0 saturated heterocycles. The summed E-state index contributed by atoms with van der Waals surface area (Å²) in [7, 11) is 0. The molecule has 8 aromatic carbocycles. The number of aromatic nitrogens is 1. The van der Waals surface area contributed by atoms with Crippen molar-refractivity contribution >= 4 is 55.1 Å². The van der Waals surface area contributed by atoms with Crippen molar-refractivity contribution in [2.45, 2.75) is 9.79 Å². The first kappa shape index (κ1) is 25.7. The largest absolute Gasteiger partial charge is 0.309 e. The molecule has 0 aliphatic carbocycles. The molecule has 0 spiro atoms. The van der Waals surface area contributed by atoms with Crippen LogP contribution in [0.4, 0.5) is 0 Å². The van der Waals surface area contributed by atoms with Crippen LogP contribution in [-0.4, -0.2) is 4.57 Å². The van der Waals surface area contributed by atoms with Gasteiger partial charge in [-0.1, -0.05) is 133 Å². The Hall–Kier alpha value is -5.57. The lowest BCUT2D eigenvalue weighted by Gasteiger charge is -2.22. The highest BCUT2D eigenvalue weighted by atomic mass is 32.2. The molecule has 0 fully saturated rings. The number of hydrogen-bond acceptors (Lipinski definition) is 1. The maximum atomic E-state index is 2.45. The second-order valence-electron chi connectivity index (χ2n) is 12.1. The summed E-state index contributed by atoms with van der Waals surface area (Å²) >= 11 is 1.88. The molecule has 0 radical (unpaired) electrons. The van der Waals surface area contributed by atoms with E-state index in [4.69, 9.17) is 0 Å². The third kappa shape index (κ3) is 3.71. The summed E-state index contributed by atoms with van der Waals surface area (Å²) in [6, 6.07) is 60.2. The molecule has 0 saturated carbocycles. The van der Waals surface area contributed by atoms with Crippen molar-refractivity contribution in [3.05, 3.63) is 164 Å². The Morgan fingerprint density at radius 3 is 2.00 bits per heavy atom. The average Bonchev–Trinajstić information content (AvgIpc) is 3.48. The summed E-state index contributed by atoms with van der Waals surface area (Å²) in [6.45, 7) is 0. The van der Waals surface area contributed by atoms with Crippen molar-refractivity contribution in [2.75, 3.05) is 0 Å². The van der Waals surface area contributed by atoms with Gasteiger partial charge in [-0.05, 0) is 86.4 Å². The van der Waals surface area contributed by atoms with Crippen LogP contribution in [0, 0.1) is 0 Å². The zero-order valence-corrected chi connectivity index (χ0v) is 25.8. The van der Waals surface area contributed by atoms with E-state index in [1.54, 1.807) is 0 Å². The van der Waals surface area contributed by atoms with Crippen molar-refractivity contribution in [2.24, 2.45) is 0 Å². The Kier molecular flexibility index (Phi) is 5.58. The molecule has 0 unspecified atom stereocenters. The van der Waals surface area contributed by atoms with Crippen molar-refractivity contribution in [1.82, 2.24) is 4.57 Å². The van der Waals surface area contributed by atoms with Gasteiger partial charge in [-0.15, -0.1) is 0 Å². The Balaban J connectivity index is 1.26. The highest BCUT2D eigenvalue weighted by molar-refractivity contribution is 7.99. The number of fused-ring (bicyclic) bond motifs is 7. The van der Waals surface area contributed by atoms with Gasteiger partial charge in [0.15, 0.2) is 0 Å². The van der Waals surface area contributed by atoms with Crippen molar-refractivity contribution in [3.63, 3.8) is 0 Å². The van der Waals surface area contributed by atoms with Gasteiger partial charge in [-0.3, -0.25) is 0 Å². The monoisotopic (exact) mass is 601 g/mol. The van der Waals surface area contributed by atoms with E-state index in [1.807, 2.05) is 11.8 Å². The average molecular weight is 602 g/mol. The van der Waals surface area contributed by atoms with Crippen LogP contribution >= 0.6 is 11.8 Å². The molecule has 1 aliphatic rings. The molecule has 10 rings (SSSR count). The van der Waals surface area contributed by atoms with Crippen molar-refractivity contribution in [1.29, 1.82) is 0 Å². The first-order valence-corrected chi connectivity index (χ1v) is 16.6. The van der Waals surface area contributed by atoms with E-state index >= 15 is 0 Å². The van der Waals surface area contributed by atoms with Crippen LogP contribution < -0.4 is 0 Å². The summed E-state index contributed by atoms with van der Waals surface area (Å²) in [4.78, 5) is 2.65. The zero-order chi connectivity index (χ0) is 30.2. The van der Waals surface area contributed by atoms with E-state index in [9.17, 15) is 0 Å². The van der Waals surface area contributed by atoms with Crippen molar-refractivity contribution in [3.8, 4) is 39.1 Å². The molecular weight excluding hydrogens is 575 g/mol. The zero-order valence-electron chi connectivity index (χ0n) is 24.9. The van der Waals surface area contributed by atoms with Gasteiger partial charge in [0.05, 0.1) is 11.0 Å². The van der Waals surface area contributed by atoms with Crippen LogP contribution in [0.2, 0.25) is 0 Å². The lowest BCUT2D eigenvalue weighted by atomic mass is 9.90. The van der Waals surface area contributed by atoms with E-state index in [0.29, 0.717) is 0 Å².